The third-order valence-corrected chi connectivity index (χ3v) is 7.68. The molecule has 258 valence electrons. The van der Waals surface area contributed by atoms with Crippen LogP contribution in [0.25, 0.3) is 0 Å². The Bertz CT molecular complexity index is 1740. The van der Waals surface area contributed by atoms with Gasteiger partial charge < -0.3 is 28.6 Å². The molecule has 12 nitrogen and oxygen atoms in total. The van der Waals surface area contributed by atoms with E-state index in [1.54, 1.807) is 65.8 Å². The van der Waals surface area contributed by atoms with E-state index in [1.807, 2.05) is 0 Å². The van der Waals surface area contributed by atoms with Gasteiger partial charge in [0, 0.05) is 61.4 Å². The number of carbonyl (C=O) groups excluding carboxylic acids is 6. The molecule has 1 amide bonds. The van der Waals surface area contributed by atoms with Crippen LogP contribution in [0.2, 0.25) is 0 Å². The van der Waals surface area contributed by atoms with E-state index in [9.17, 15) is 28.8 Å². The summed E-state index contributed by atoms with van der Waals surface area (Å²) in [6, 6.07) is 13.8. The van der Waals surface area contributed by atoms with Gasteiger partial charge in [-0.25, -0.2) is 4.79 Å². The van der Waals surface area contributed by atoms with Crippen LogP contribution in [0.15, 0.2) is 54.6 Å². The SMILES string of the molecule is COC1(c2ccc(C(=O)ON(C)C(=O)CCC=O)cc2C=O)c2ccc(OC(=O)C(C)(C)C)cc2Oc2cc(OC(=O)C(C)(C)C)ccc21. The molecule has 1 heterocycles. The molecule has 0 N–H and O–H groups in total. The van der Waals surface area contributed by atoms with Crippen molar-refractivity contribution in [3.05, 3.63) is 82.4 Å². The van der Waals surface area contributed by atoms with E-state index in [2.05, 4.69) is 0 Å². The zero-order valence-electron chi connectivity index (χ0n) is 28.7. The quantitative estimate of drug-likeness (QED) is 0.115. The minimum atomic E-state index is -1.53. The van der Waals surface area contributed by atoms with Crippen LogP contribution in [0.5, 0.6) is 23.0 Å². The van der Waals surface area contributed by atoms with Gasteiger partial charge in [0.2, 0.25) is 0 Å². The fourth-order valence-electron chi connectivity index (χ4n) is 4.96. The van der Waals surface area contributed by atoms with Gasteiger partial charge in [0.1, 0.15) is 35.6 Å². The number of hydrogen-bond donors (Lipinski definition) is 0. The molecule has 0 bridgehead atoms. The van der Waals surface area contributed by atoms with E-state index in [4.69, 9.17) is 23.8 Å². The van der Waals surface area contributed by atoms with Crippen LogP contribution in [0.4, 0.5) is 0 Å². The van der Waals surface area contributed by atoms with Gasteiger partial charge in [-0.15, -0.1) is 0 Å². The largest absolute Gasteiger partial charge is 0.456 e. The van der Waals surface area contributed by atoms with Crippen LogP contribution in [-0.4, -0.2) is 55.6 Å². The second kappa shape index (κ2) is 14.0. The highest BCUT2D eigenvalue weighted by atomic mass is 16.7. The zero-order valence-corrected chi connectivity index (χ0v) is 28.7. The van der Waals surface area contributed by atoms with E-state index in [1.165, 1.54) is 44.5 Å². The average Bonchev–Trinajstić information content (AvgIpc) is 3.04. The van der Waals surface area contributed by atoms with Crippen molar-refractivity contribution >= 4 is 36.4 Å². The second-order valence-corrected chi connectivity index (χ2v) is 13.5. The lowest BCUT2D eigenvalue weighted by Gasteiger charge is -2.40. The first-order valence-electron chi connectivity index (χ1n) is 15.4. The first-order valence-corrected chi connectivity index (χ1v) is 15.4. The smallest absolute Gasteiger partial charge is 0.363 e. The standard InChI is InChI=1S/C37H39NO11/c1-35(2,3)33(43)46-24-12-15-27-29(19-24)48-30-20-25(47-34(44)36(4,5)6)13-16-28(30)37(27,45-8)26-14-11-22(18-23(26)21-40)32(42)49-38(7)31(41)10-9-17-39/h11-21H,9-10H2,1-8H3. The Kier molecular flexibility index (Phi) is 10.4. The lowest BCUT2D eigenvalue weighted by molar-refractivity contribution is -0.161. The molecular formula is C37H39NO11. The Hall–Kier alpha value is -5.36. The molecule has 12 heteroatoms. The maximum Gasteiger partial charge on any atom is 0.363 e. The van der Waals surface area contributed by atoms with Gasteiger partial charge in [0.25, 0.3) is 5.91 Å². The summed E-state index contributed by atoms with van der Waals surface area (Å²) in [6.45, 7) is 10.3. The Labute approximate surface area is 284 Å². The molecule has 0 fully saturated rings. The predicted octanol–water partition coefficient (Wildman–Crippen LogP) is 5.96. The van der Waals surface area contributed by atoms with Crippen molar-refractivity contribution in [1.29, 1.82) is 0 Å². The molecule has 0 radical (unpaired) electrons. The van der Waals surface area contributed by atoms with E-state index < -0.39 is 40.2 Å². The van der Waals surface area contributed by atoms with E-state index in [0.717, 1.165) is 5.06 Å². The fraction of sp³-hybridized carbons (Fsp3) is 0.351. The summed E-state index contributed by atoms with van der Waals surface area (Å²) >= 11 is 0. The maximum atomic E-state index is 13.0. The summed E-state index contributed by atoms with van der Waals surface area (Å²) < 4.78 is 23.9. The summed E-state index contributed by atoms with van der Waals surface area (Å²) in [5.41, 5.74) is -1.88. The van der Waals surface area contributed by atoms with Crippen molar-refractivity contribution < 1.29 is 52.6 Å². The number of ether oxygens (including phenoxy) is 4. The lowest BCUT2D eigenvalue weighted by Crippen LogP contribution is -2.36. The van der Waals surface area contributed by atoms with E-state index in [-0.39, 0.29) is 47.0 Å². The van der Waals surface area contributed by atoms with Crippen molar-refractivity contribution in [2.45, 2.75) is 60.0 Å². The minimum Gasteiger partial charge on any atom is -0.456 e. The molecule has 0 saturated heterocycles. The Morgan fingerprint density at radius 2 is 1.29 bits per heavy atom. The van der Waals surface area contributed by atoms with Gasteiger partial charge in [-0.05, 0) is 77.9 Å². The van der Waals surface area contributed by atoms with Crippen LogP contribution >= 0.6 is 0 Å². The Morgan fingerprint density at radius 3 is 1.73 bits per heavy atom. The van der Waals surface area contributed by atoms with Crippen LogP contribution in [0.1, 0.15) is 91.8 Å². The molecule has 1 aliphatic heterocycles. The molecule has 0 atom stereocenters. The number of fused-ring (bicyclic) bond motifs is 2. The molecular weight excluding hydrogens is 634 g/mol. The number of hydroxylamine groups is 2. The summed E-state index contributed by atoms with van der Waals surface area (Å²) in [6.07, 6.45) is 0.966. The normalized spacial score (nSPS) is 13.1. The number of esters is 2. The summed E-state index contributed by atoms with van der Waals surface area (Å²) in [5.74, 6) is -1.59. The number of nitrogens with zero attached hydrogens (tertiary/aromatic N) is 1. The number of amides is 1. The number of methoxy groups -OCH3 is 1. The molecule has 0 spiro atoms. The lowest BCUT2D eigenvalue weighted by atomic mass is 9.75. The molecule has 4 rings (SSSR count). The zero-order chi connectivity index (χ0) is 36.3. The van der Waals surface area contributed by atoms with E-state index >= 15 is 0 Å². The van der Waals surface area contributed by atoms with Gasteiger partial charge in [-0.1, -0.05) is 6.07 Å². The first-order chi connectivity index (χ1) is 23.0. The predicted molar refractivity (Wildman–Crippen MR) is 175 cm³/mol. The number of carbonyl (C=O) groups is 6. The highest BCUT2D eigenvalue weighted by molar-refractivity contribution is 5.93. The summed E-state index contributed by atoms with van der Waals surface area (Å²) in [5, 5.41) is 0.732. The summed E-state index contributed by atoms with van der Waals surface area (Å²) in [4.78, 5) is 79.0. The highest BCUT2D eigenvalue weighted by Gasteiger charge is 2.46. The molecule has 1 aliphatic rings. The van der Waals surface area contributed by atoms with Crippen LogP contribution in [0, 0.1) is 10.8 Å². The van der Waals surface area contributed by atoms with Crippen LogP contribution in [0.3, 0.4) is 0 Å². The van der Waals surface area contributed by atoms with Crippen LogP contribution in [-0.2, 0) is 34.4 Å². The minimum absolute atomic E-state index is 0.0303. The average molecular weight is 674 g/mol. The molecule has 3 aromatic rings. The fourth-order valence-corrected chi connectivity index (χ4v) is 4.96. The monoisotopic (exact) mass is 673 g/mol. The van der Waals surface area contributed by atoms with Crippen molar-refractivity contribution in [2.75, 3.05) is 14.2 Å². The van der Waals surface area contributed by atoms with Crippen molar-refractivity contribution in [1.82, 2.24) is 5.06 Å². The van der Waals surface area contributed by atoms with Gasteiger partial charge in [-0.3, -0.25) is 19.2 Å². The molecule has 3 aromatic carbocycles. The number of rotatable bonds is 9. The van der Waals surface area contributed by atoms with Gasteiger partial charge >= 0.3 is 17.9 Å². The topological polar surface area (TPSA) is 152 Å². The molecule has 0 saturated carbocycles. The molecule has 49 heavy (non-hydrogen) atoms. The van der Waals surface area contributed by atoms with Crippen molar-refractivity contribution in [2.24, 2.45) is 10.8 Å². The van der Waals surface area contributed by atoms with Gasteiger partial charge in [-0.2, -0.15) is 5.06 Å². The third kappa shape index (κ3) is 7.54. The maximum absolute atomic E-state index is 13.0. The van der Waals surface area contributed by atoms with Gasteiger partial charge in [0.15, 0.2) is 5.60 Å². The van der Waals surface area contributed by atoms with Crippen molar-refractivity contribution in [3.63, 3.8) is 0 Å². The van der Waals surface area contributed by atoms with Crippen LogP contribution < -0.4 is 14.2 Å². The first kappa shape index (κ1) is 36.5. The van der Waals surface area contributed by atoms with Gasteiger partial charge in [0.05, 0.1) is 16.4 Å². The van der Waals surface area contributed by atoms with Crippen molar-refractivity contribution in [3.8, 4) is 23.0 Å². The Morgan fingerprint density at radius 1 is 0.776 bits per heavy atom. The summed E-state index contributed by atoms with van der Waals surface area (Å²) in [7, 11) is 2.69. The number of hydrogen-bond acceptors (Lipinski definition) is 11. The number of benzene rings is 3. The highest BCUT2D eigenvalue weighted by Crippen LogP contribution is 2.54. The second-order valence-electron chi connectivity index (χ2n) is 13.5. The molecule has 0 aromatic heterocycles. The van der Waals surface area contributed by atoms with E-state index in [0.29, 0.717) is 29.3 Å². The molecule has 0 aliphatic carbocycles. The number of aldehydes is 2. The Balaban J connectivity index is 1.86. The third-order valence-electron chi connectivity index (χ3n) is 7.68. The molecule has 0 unspecified atom stereocenters.